The van der Waals surface area contributed by atoms with Crippen LogP contribution < -0.4 is 5.73 Å². The van der Waals surface area contributed by atoms with Crippen molar-refractivity contribution < 1.29 is 0 Å². The Morgan fingerprint density at radius 1 is 1.28 bits per heavy atom. The molecule has 18 heavy (non-hydrogen) atoms. The van der Waals surface area contributed by atoms with Crippen LogP contribution in [0.15, 0.2) is 29.2 Å². The van der Waals surface area contributed by atoms with E-state index in [2.05, 4.69) is 46.4 Å². The van der Waals surface area contributed by atoms with Crippen LogP contribution in [-0.4, -0.2) is 27.5 Å². The van der Waals surface area contributed by atoms with Gasteiger partial charge >= 0.3 is 0 Å². The van der Waals surface area contributed by atoms with Gasteiger partial charge in [0.2, 0.25) is 0 Å². The second-order valence-corrected chi connectivity index (χ2v) is 5.29. The number of nitrogens with two attached hydrogens (primary N) is 1. The summed E-state index contributed by atoms with van der Waals surface area (Å²) >= 11 is 1.83. The van der Waals surface area contributed by atoms with E-state index in [0.717, 1.165) is 35.8 Å². The smallest absolute Gasteiger partial charge is 0.181 e. The first-order valence-electron chi connectivity index (χ1n) is 6.18. The third kappa shape index (κ3) is 3.34. The highest BCUT2D eigenvalue weighted by molar-refractivity contribution is 7.99. The maximum Gasteiger partial charge on any atom is 0.181 e. The lowest BCUT2D eigenvalue weighted by molar-refractivity contribution is 0.785. The predicted molar refractivity (Wildman–Crippen MR) is 75.6 cm³/mol. The maximum absolute atomic E-state index is 5.48. The summed E-state index contributed by atoms with van der Waals surface area (Å²) in [5.41, 5.74) is 6.52. The number of benzene rings is 1. The number of aryl methyl sites for hydroxylation is 1. The lowest BCUT2D eigenvalue weighted by Gasteiger charge is -1.99. The summed E-state index contributed by atoms with van der Waals surface area (Å²) in [6.07, 6.45) is 1.79. The van der Waals surface area contributed by atoms with Crippen LogP contribution in [0.25, 0.3) is 11.4 Å². The number of nitrogens with zero attached hydrogens (tertiary/aromatic N) is 2. The molecule has 96 valence electrons. The molecule has 1 aromatic heterocycles. The summed E-state index contributed by atoms with van der Waals surface area (Å²) in [5, 5.41) is 7.19. The molecule has 0 unspecified atom stereocenters. The molecule has 0 fully saturated rings. The fourth-order valence-electron chi connectivity index (χ4n) is 1.67. The number of H-pyrrole nitrogens is 1. The van der Waals surface area contributed by atoms with Crippen LogP contribution in [0, 0.1) is 0 Å². The minimum absolute atomic E-state index is 0.680. The van der Waals surface area contributed by atoms with E-state index in [0.29, 0.717) is 6.54 Å². The third-order valence-electron chi connectivity index (χ3n) is 2.57. The summed E-state index contributed by atoms with van der Waals surface area (Å²) in [7, 11) is 0. The van der Waals surface area contributed by atoms with Gasteiger partial charge in [0.15, 0.2) is 5.82 Å². The molecule has 0 atom stereocenters. The van der Waals surface area contributed by atoms with Gasteiger partial charge in [0, 0.05) is 16.9 Å². The van der Waals surface area contributed by atoms with Crippen molar-refractivity contribution in [3.8, 4) is 11.4 Å². The van der Waals surface area contributed by atoms with Crippen molar-refractivity contribution in [2.45, 2.75) is 24.7 Å². The summed E-state index contributed by atoms with van der Waals surface area (Å²) in [4.78, 5) is 5.74. The van der Waals surface area contributed by atoms with Crippen LogP contribution in [0.5, 0.6) is 0 Å². The van der Waals surface area contributed by atoms with Gasteiger partial charge in [-0.1, -0.05) is 19.1 Å². The maximum atomic E-state index is 5.48. The molecule has 0 radical (unpaired) electrons. The van der Waals surface area contributed by atoms with Gasteiger partial charge < -0.3 is 5.73 Å². The molecule has 0 bridgehead atoms. The van der Waals surface area contributed by atoms with Crippen LogP contribution in [0.4, 0.5) is 0 Å². The molecule has 1 aromatic carbocycles. The monoisotopic (exact) mass is 262 g/mol. The van der Waals surface area contributed by atoms with Gasteiger partial charge in [-0.3, -0.25) is 5.10 Å². The van der Waals surface area contributed by atoms with E-state index in [-0.39, 0.29) is 0 Å². The molecule has 0 spiro atoms. The highest BCUT2D eigenvalue weighted by Gasteiger charge is 2.05. The molecule has 0 aliphatic carbocycles. The van der Waals surface area contributed by atoms with E-state index in [9.17, 15) is 0 Å². The molecule has 0 aliphatic rings. The van der Waals surface area contributed by atoms with Crippen molar-refractivity contribution in [2.24, 2.45) is 5.73 Å². The minimum Gasteiger partial charge on any atom is -0.330 e. The number of nitrogens with one attached hydrogen (secondary N) is 1. The van der Waals surface area contributed by atoms with Crippen molar-refractivity contribution in [1.29, 1.82) is 0 Å². The molecule has 0 saturated heterocycles. The van der Waals surface area contributed by atoms with Crippen LogP contribution in [0.2, 0.25) is 0 Å². The highest BCUT2D eigenvalue weighted by Crippen LogP contribution is 2.21. The standard InChI is InChI=1S/C13H18N4S/c1-2-18-11-7-5-10(6-8-11)13-15-12(16-17-13)4-3-9-14/h5-8H,2-4,9,14H2,1H3,(H,15,16,17). The number of hydrogen-bond donors (Lipinski definition) is 2. The van der Waals surface area contributed by atoms with E-state index in [1.807, 2.05) is 11.8 Å². The number of aromatic nitrogens is 3. The lowest BCUT2D eigenvalue weighted by Crippen LogP contribution is -2.01. The first-order chi connectivity index (χ1) is 8.83. The Morgan fingerprint density at radius 2 is 2.06 bits per heavy atom. The highest BCUT2D eigenvalue weighted by atomic mass is 32.2. The average Bonchev–Trinajstić information content (AvgIpc) is 2.86. The summed E-state index contributed by atoms with van der Waals surface area (Å²) in [5.74, 6) is 2.75. The van der Waals surface area contributed by atoms with Crippen molar-refractivity contribution in [3.05, 3.63) is 30.1 Å². The van der Waals surface area contributed by atoms with Gasteiger partial charge in [-0.05, 0) is 30.9 Å². The Labute approximate surface area is 111 Å². The van der Waals surface area contributed by atoms with Crippen molar-refractivity contribution >= 4 is 11.8 Å². The summed E-state index contributed by atoms with van der Waals surface area (Å²) in [6.45, 7) is 2.83. The quantitative estimate of drug-likeness (QED) is 0.785. The van der Waals surface area contributed by atoms with Crippen molar-refractivity contribution in [2.75, 3.05) is 12.3 Å². The number of rotatable bonds is 6. The first kappa shape index (κ1) is 13.1. The van der Waals surface area contributed by atoms with E-state index >= 15 is 0 Å². The molecule has 0 aliphatic heterocycles. The van der Waals surface area contributed by atoms with Crippen LogP contribution in [0.1, 0.15) is 19.2 Å². The zero-order chi connectivity index (χ0) is 12.8. The Morgan fingerprint density at radius 3 is 2.72 bits per heavy atom. The number of hydrogen-bond acceptors (Lipinski definition) is 4. The van der Waals surface area contributed by atoms with Crippen LogP contribution in [0.3, 0.4) is 0 Å². The Balaban J connectivity index is 2.08. The van der Waals surface area contributed by atoms with Gasteiger partial charge in [0.05, 0.1) is 0 Å². The second-order valence-electron chi connectivity index (χ2n) is 3.96. The molecule has 1 heterocycles. The van der Waals surface area contributed by atoms with Gasteiger partial charge in [0.1, 0.15) is 5.82 Å². The second kappa shape index (κ2) is 6.56. The molecular weight excluding hydrogens is 244 g/mol. The fourth-order valence-corrected chi connectivity index (χ4v) is 2.33. The molecule has 5 heteroatoms. The van der Waals surface area contributed by atoms with E-state index < -0.39 is 0 Å². The van der Waals surface area contributed by atoms with Crippen LogP contribution in [-0.2, 0) is 6.42 Å². The average molecular weight is 262 g/mol. The van der Waals surface area contributed by atoms with Crippen molar-refractivity contribution in [3.63, 3.8) is 0 Å². The molecule has 0 saturated carbocycles. The normalized spacial score (nSPS) is 10.8. The summed E-state index contributed by atoms with van der Waals surface area (Å²) < 4.78 is 0. The molecule has 3 N–H and O–H groups in total. The first-order valence-corrected chi connectivity index (χ1v) is 7.16. The lowest BCUT2D eigenvalue weighted by atomic mass is 10.2. The zero-order valence-corrected chi connectivity index (χ0v) is 11.3. The minimum atomic E-state index is 0.680. The molecule has 4 nitrogen and oxygen atoms in total. The predicted octanol–water partition coefficient (Wildman–Crippen LogP) is 2.48. The van der Waals surface area contributed by atoms with Crippen molar-refractivity contribution in [1.82, 2.24) is 15.2 Å². The molecule has 2 aromatic rings. The van der Waals surface area contributed by atoms with E-state index in [1.54, 1.807) is 0 Å². The molecular formula is C13H18N4S. The largest absolute Gasteiger partial charge is 0.330 e. The van der Waals surface area contributed by atoms with E-state index in [4.69, 9.17) is 5.73 Å². The number of thioether (sulfide) groups is 1. The van der Waals surface area contributed by atoms with E-state index in [1.165, 1.54) is 4.90 Å². The van der Waals surface area contributed by atoms with Gasteiger partial charge in [-0.2, -0.15) is 5.10 Å². The molecule has 2 rings (SSSR count). The van der Waals surface area contributed by atoms with Gasteiger partial charge in [0.25, 0.3) is 0 Å². The third-order valence-corrected chi connectivity index (χ3v) is 3.47. The zero-order valence-electron chi connectivity index (χ0n) is 10.5. The van der Waals surface area contributed by atoms with Gasteiger partial charge in [-0.25, -0.2) is 4.98 Å². The Kier molecular flexibility index (Phi) is 4.78. The topological polar surface area (TPSA) is 67.6 Å². The Hall–Kier alpha value is -1.33. The molecule has 0 amide bonds. The van der Waals surface area contributed by atoms with Gasteiger partial charge in [-0.15, -0.1) is 11.8 Å². The number of aromatic amines is 1. The van der Waals surface area contributed by atoms with Crippen LogP contribution >= 0.6 is 11.8 Å². The summed E-state index contributed by atoms with van der Waals surface area (Å²) in [6, 6.07) is 8.35. The Bertz CT molecular complexity index is 478. The SMILES string of the molecule is CCSc1ccc(-c2n[nH]c(CCCN)n2)cc1. The fraction of sp³-hybridized carbons (Fsp3) is 0.385.